The fourth-order valence-corrected chi connectivity index (χ4v) is 4.06. The van der Waals surface area contributed by atoms with Gasteiger partial charge in [-0.3, -0.25) is 4.79 Å². The molecule has 0 aliphatic heterocycles. The molecule has 0 spiro atoms. The number of rotatable bonds is 7. The Balaban J connectivity index is 1.78. The molecular weight excluding hydrogens is 394 g/mol. The number of carbonyl (C=O) groups is 1. The van der Waals surface area contributed by atoms with E-state index in [2.05, 4.69) is 13.0 Å². The Morgan fingerprint density at radius 3 is 2.46 bits per heavy atom. The fraction of sp³-hybridized carbons (Fsp3) is 0.318. The van der Waals surface area contributed by atoms with Gasteiger partial charge in [-0.2, -0.15) is 0 Å². The predicted molar refractivity (Wildman–Crippen MR) is 113 cm³/mol. The summed E-state index contributed by atoms with van der Waals surface area (Å²) in [5.41, 5.74) is 3.04. The van der Waals surface area contributed by atoms with Gasteiger partial charge in [-0.25, -0.2) is 0 Å². The number of aryl methyl sites for hydroxylation is 3. The molecule has 0 aliphatic rings. The van der Waals surface area contributed by atoms with Crippen LogP contribution >= 0.6 is 22.9 Å². The molecular formula is C22H24ClNO3S. The van der Waals surface area contributed by atoms with Gasteiger partial charge >= 0.3 is 0 Å². The van der Waals surface area contributed by atoms with Crippen LogP contribution in [0.15, 0.2) is 46.4 Å². The fourth-order valence-electron chi connectivity index (χ4n) is 3.03. The van der Waals surface area contributed by atoms with Crippen LogP contribution in [0.2, 0.25) is 5.02 Å². The summed E-state index contributed by atoms with van der Waals surface area (Å²) in [6.07, 6.45) is 0.989. The summed E-state index contributed by atoms with van der Waals surface area (Å²) in [6.45, 7) is 8.61. The van der Waals surface area contributed by atoms with E-state index in [9.17, 15) is 4.79 Å². The molecule has 1 aromatic carbocycles. The summed E-state index contributed by atoms with van der Waals surface area (Å²) >= 11 is 7.88. The number of halogens is 1. The Bertz CT molecular complexity index is 926. The molecule has 1 atom stereocenters. The lowest BCUT2D eigenvalue weighted by atomic mass is 10.1. The largest absolute Gasteiger partial charge is 0.481 e. The van der Waals surface area contributed by atoms with Gasteiger partial charge in [-0.05, 0) is 80.1 Å². The molecule has 6 heteroatoms. The predicted octanol–water partition coefficient (Wildman–Crippen LogP) is 5.92. The molecule has 3 rings (SSSR count). The highest BCUT2D eigenvalue weighted by Crippen LogP contribution is 2.27. The van der Waals surface area contributed by atoms with E-state index in [0.29, 0.717) is 18.8 Å². The first-order chi connectivity index (χ1) is 13.3. The molecule has 1 amide bonds. The van der Waals surface area contributed by atoms with Gasteiger partial charge in [0.05, 0.1) is 19.4 Å². The van der Waals surface area contributed by atoms with Crippen molar-refractivity contribution in [2.45, 2.75) is 46.9 Å². The van der Waals surface area contributed by atoms with E-state index in [1.54, 1.807) is 29.4 Å². The second-order valence-electron chi connectivity index (χ2n) is 6.93. The molecule has 148 valence electrons. The Morgan fingerprint density at radius 1 is 1.18 bits per heavy atom. The van der Waals surface area contributed by atoms with Crippen LogP contribution in [-0.2, 0) is 17.9 Å². The average Bonchev–Trinajstić information content (AvgIpc) is 3.30. The van der Waals surface area contributed by atoms with Crippen molar-refractivity contribution in [1.29, 1.82) is 0 Å². The zero-order valence-corrected chi connectivity index (χ0v) is 18.1. The van der Waals surface area contributed by atoms with Gasteiger partial charge in [-0.1, -0.05) is 11.6 Å². The minimum absolute atomic E-state index is 0.0885. The van der Waals surface area contributed by atoms with Crippen LogP contribution in [-0.4, -0.2) is 16.9 Å². The number of nitrogens with zero attached hydrogens (tertiary/aromatic N) is 1. The van der Waals surface area contributed by atoms with Crippen molar-refractivity contribution in [3.05, 3.63) is 74.3 Å². The van der Waals surface area contributed by atoms with Crippen LogP contribution in [0.25, 0.3) is 0 Å². The van der Waals surface area contributed by atoms with Gasteiger partial charge < -0.3 is 14.1 Å². The molecule has 2 aromatic heterocycles. The number of ether oxygens (including phenoxy) is 1. The minimum atomic E-state index is -0.629. The molecule has 4 nitrogen and oxygen atoms in total. The second-order valence-corrected chi connectivity index (χ2v) is 8.31. The van der Waals surface area contributed by atoms with E-state index < -0.39 is 6.10 Å². The lowest BCUT2D eigenvalue weighted by Crippen LogP contribution is -2.39. The smallest absolute Gasteiger partial charge is 0.264 e. The number of furan rings is 1. The monoisotopic (exact) mass is 417 g/mol. The maximum Gasteiger partial charge on any atom is 0.264 e. The third-order valence-electron chi connectivity index (χ3n) is 4.61. The molecule has 0 radical (unpaired) electrons. The first kappa shape index (κ1) is 20.5. The second kappa shape index (κ2) is 8.84. The Morgan fingerprint density at radius 2 is 1.89 bits per heavy atom. The van der Waals surface area contributed by atoms with Gasteiger partial charge in [0.1, 0.15) is 11.5 Å². The van der Waals surface area contributed by atoms with Gasteiger partial charge in [0.25, 0.3) is 5.91 Å². The summed E-state index contributed by atoms with van der Waals surface area (Å²) in [7, 11) is 0. The summed E-state index contributed by atoms with van der Waals surface area (Å²) in [4.78, 5) is 16.1. The first-order valence-corrected chi connectivity index (χ1v) is 10.4. The number of thiophene rings is 1. The highest BCUT2D eigenvalue weighted by molar-refractivity contribution is 7.10. The van der Waals surface area contributed by atoms with Gasteiger partial charge in [0, 0.05) is 9.90 Å². The third kappa shape index (κ3) is 4.78. The van der Waals surface area contributed by atoms with Crippen molar-refractivity contribution >= 4 is 28.8 Å². The Hall–Kier alpha value is -2.24. The minimum Gasteiger partial charge on any atom is -0.481 e. The van der Waals surface area contributed by atoms with Crippen LogP contribution in [0, 0.1) is 20.8 Å². The van der Waals surface area contributed by atoms with Crippen molar-refractivity contribution in [1.82, 2.24) is 4.90 Å². The van der Waals surface area contributed by atoms with E-state index in [4.69, 9.17) is 20.8 Å². The van der Waals surface area contributed by atoms with E-state index in [1.165, 1.54) is 5.56 Å². The van der Waals surface area contributed by atoms with Crippen molar-refractivity contribution in [3.8, 4) is 5.75 Å². The Kier molecular flexibility index (Phi) is 6.47. The number of benzene rings is 1. The molecule has 0 saturated heterocycles. The topological polar surface area (TPSA) is 42.7 Å². The standard InChI is InChI=1S/C22H24ClNO3S/c1-14-7-9-28-20(14)13-24(12-18-6-5-8-26-18)22(25)17(4)27-19-10-15(2)21(23)16(3)11-19/h5-11,17H,12-13H2,1-4H3/t17-/m1/s1. The van der Waals surface area contributed by atoms with Crippen molar-refractivity contribution < 1.29 is 13.9 Å². The lowest BCUT2D eigenvalue weighted by molar-refractivity contribution is -0.139. The summed E-state index contributed by atoms with van der Waals surface area (Å²) in [5.74, 6) is 1.30. The molecule has 3 aromatic rings. The number of carbonyl (C=O) groups excluding carboxylic acids is 1. The number of hydrogen-bond acceptors (Lipinski definition) is 4. The molecule has 0 saturated carbocycles. The van der Waals surface area contributed by atoms with Crippen molar-refractivity contribution in [2.24, 2.45) is 0 Å². The highest BCUT2D eigenvalue weighted by Gasteiger charge is 2.24. The van der Waals surface area contributed by atoms with Gasteiger partial charge in [0.2, 0.25) is 0 Å². The maximum absolute atomic E-state index is 13.2. The Labute approximate surface area is 174 Å². The van der Waals surface area contributed by atoms with Crippen molar-refractivity contribution in [2.75, 3.05) is 0 Å². The molecule has 0 unspecified atom stereocenters. The van der Waals surface area contributed by atoms with Crippen LogP contribution in [0.3, 0.4) is 0 Å². The number of hydrogen-bond donors (Lipinski definition) is 0. The lowest BCUT2D eigenvalue weighted by Gasteiger charge is -2.25. The van der Waals surface area contributed by atoms with Crippen LogP contribution < -0.4 is 4.74 Å². The van der Waals surface area contributed by atoms with Crippen LogP contribution in [0.5, 0.6) is 5.75 Å². The highest BCUT2D eigenvalue weighted by atomic mass is 35.5. The summed E-state index contributed by atoms with van der Waals surface area (Å²) in [6, 6.07) is 9.49. The molecule has 0 N–H and O–H groups in total. The average molecular weight is 418 g/mol. The zero-order valence-electron chi connectivity index (χ0n) is 16.5. The van der Waals surface area contributed by atoms with Gasteiger partial charge in [-0.15, -0.1) is 11.3 Å². The quantitative estimate of drug-likeness (QED) is 0.479. The third-order valence-corrected chi connectivity index (χ3v) is 6.22. The maximum atomic E-state index is 13.2. The summed E-state index contributed by atoms with van der Waals surface area (Å²) < 4.78 is 11.4. The molecule has 0 bridgehead atoms. The summed E-state index contributed by atoms with van der Waals surface area (Å²) in [5, 5.41) is 2.76. The molecule has 28 heavy (non-hydrogen) atoms. The van der Waals surface area contributed by atoms with Gasteiger partial charge in [0.15, 0.2) is 6.10 Å². The van der Waals surface area contributed by atoms with Crippen LogP contribution in [0.4, 0.5) is 0 Å². The normalized spacial score (nSPS) is 12.0. The van der Waals surface area contributed by atoms with E-state index in [-0.39, 0.29) is 5.91 Å². The van der Waals surface area contributed by atoms with E-state index in [0.717, 1.165) is 26.8 Å². The van der Waals surface area contributed by atoms with Crippen molar-refractivity contribution in [3.63, 3.8) is 0 Å². The van der Waals surface area contributed by atoms with Crippen LogP contribution in [0.1, 0.15) is 34.3 Å². The first-order valence-electron chi connectivity index (χ1n) is 9.12. The number of amides is 1. The van der Waals surface area contributed by atoms with E-state index in [1.807, 2.05) is 43.5 Å². The molecule has 0 fully saturated rings. The zero-order chi connectivity index (χ0) is 20.3. The molecule has 0 aliphatic carbocycles. The van der Waals surface area contributed by atoms with E-state index >= 15 is 0 Å². The molecule has 2 heterocycles. The SMILES string of the molecule is Cc1ccsc1CN(Cc1ccco1)C(=O)[C@@H](C)Oc1cc(C)c(Cl)c(C)c1.